The molecule has 8 nitrogen and oxygen atoms in total. The van der Waals surface area contributed by atoms with Crippen molar-refractivity contribution in [3.8, 4) is 5.75 Å². The quantitative estimate of drug-likeness (QED) is 0.627. The largest absolute Gasteiger partial charge is 0.484 e. The van der Waals surface area contributed by atoms with Crippen LogP contribution in [0.3, 0.4) is 0 Å². The van der Waals surface area contributed by atoms with Gasteiger partial charge in [0.25, 0.3) is 5.91 Å². The van der Waals surface area contributed by atoms with Gasteiger partial charge in [-0.3, -0.25) is 9.69 Å². The van der Waals surface area contributed by atoms with E-state index in [0.29, 0.717) is 38.0 Å². The van der Waals surface area contributed by atoms with Gasteiger partial charge in [-0.1, -0.05) is 18.2 Å². The van der Waals surface area contributed by atoms with E-state index in [4.69, 9.17) is 9.47 Å². The number of carbonyl (C=O) groups excluding carboxylic acids is 1. The van der Waals surface area contributed by atoms with Crippen molar-refractivity contribution in [3.05, 3.63) is 30.3 Å². The molecule has 9 heteroatoms. The lowest BCUT2D eigenvalue weighted by Gasteiger charge is -2.38. The summed E-state index contributed by atoms with van der Waals surface area (Å²) in [7, 11) is -3.17. The maximum absolute atomic E-state index is 12.1. The average molecular weight is 426 g/mol. The smallest absolute Gasteiger partial charge is 0.257 e. The molecule has 29 heavy (non-hydrogen) atoms. The van der Waals surface area contributed by atoms with Crippen LogP contribution < -0.4 is 10.1 Å². The van der Waals surface area contributed by atoms with Gasteiger partial charge >= 0.3 is 0 Å². The number of carbonyl (C=O) groups is 1. The Bertz CT molecular complexity index is 753. The van der Waals surface area contributed by atoms with Crippen LogP contribution in [0.15, 0.2) is 30.3 Å². The third-order valence-corrected chi connectivity index (χ3v) is 6.80. The van der Waals surface area contributed by atoms with Gasteiger partial charge in [-0.05, 0) is 31.4 Å². The average Bonchev–Trinajstić information content (AvgIpc) is 3.21. The van der Waals surface area contributed by atoms with Crippen molar-refractivity contribution in [2.45, 2.75) is 31.3 Å². The molecule has 1 unspecified atom stereocenters. The zero-order chi connectivity index (χ0) is 20.7. The topological polar surface area (TPSA) is 88.2 Å². The molecular formula is C20H31N3O5S. The summed E-state index contributed by atoms with van der Waals surface area (Å²) >= 11 is 0. The number of benzene rings is 1. The summed E-state index contributed by atoms with van der Waals surface area (Å²) in [4.78, 5) is 14.5. The highest BCUT2D eigenvalue weighted by Gasteiger charge is 2.35. The van der Waals surface area contributed by atoms with Crippen molar-refractivity contribution in [1.29, 1.82) is 0 Å². The maximum atomic E-state index is 12.1. The number of amides is 1. The fraction of sp³-hybridized carbons (Fsp3) is 0.650. The number of hydrogen-bond acceptors (Lipinski definition) is 6. The van der Waals surface area contributed by atoms with E-state index in [9.17, 15) is 13.2 Å². The van der Waals surface area contributed by atoms with Crippen molar-refractivity contribution in [2.24, 2.45) is 0 Å². The van der Waals surface area contributed by atoms with Crippen LogP contribution in [-0.4, -0.2) is 87.9 Å². The highest BCUT2D eigenvalue weighted by atomic mass is 32.2. The van der Waals surface area contributed by atoms with Crippen LogP contribution in [0, 0.1) is 0 Å². The normalized spacial score (nSPS) is 21.4. The SMILES string of the molecule is CS(=O)(=O)N1CCC(N(CCNC(=O)COc2ccccc2)C2CCOCC2)C1. The summed E-state index contributed by atoms with van der Waals surface area (Å²) in [6, 6.07) is 9.77. The van der Waals surface area contributed by atoms with E-state index in [1.165, 1.54) is 6.26 Å². The van der Waals surface area contributed by atoms with E-state index in [0.717, 1.165) is 32.5 Å². The van der Waals surface area contributed by atoms with Crippen LogP contribution in [-0.2, 0) is 19.6 Å². The Balaban J connectivity index is 1.50. The number of para-hydroxylation sites is 1. The molecule has 162 valence electrons. The Kier molecular flexibility index (Phi) is 7.88. The molecule has 2 aliphatic rings. The molecule has 2 fully saturated rings. The van der Waals surface area contributed by atoms with E-state index in [-0.39, 0.29) is 18.6 Å². The van der Waals surface area contributed by atoms with Crippen LogP contribution >= 0.6 is 0 Å². The highest BCUT2D eigenvalue weighted by Crippen LogP contribution is 2.24. The zero-order valence-corrected chi connectivity index (χ0v) is 17.8. The lowest BCUT2D eigenvalue weighted by atomic mass is 10.0. The van der Waals surface area contributed by atoms with E-state index in [1.54, 1.807) is 4.31 Å². The molecule has 1 atom stereocenters. The Morgan fingerprint density at radius 1 is 1.21 bits per heavy atom. The van der Waals surface area contributed by atoms with Gasteiger partial charge in [-0.2, -0.15) is 0 Å². The number of ether oxygens (including phenoxy) is 2. The molecule has 2 saturated heterocycles. The molecule has 2 aliphatic heterocycles. The summed E-state index contributed by atoms with van der Waals surface area (Å²) < 4.78 is 36.3. The summed E-state index contributed by atoms with van der Waals surface area (Å²) in [6.45, 7) is 3.68. The first-order valence-electron chi connectivity index (χ1n) is 10.2. The van der Waals surface area contributed by atoms with Crippen molar-refractivity contribution >= 4 is 15.9 Å². The second-order valence-electron chi connectivity index (χ2n) is 7.60. The molecule has 2 heterocycles. The van der Waals surface area contributed by atoms with Crippen LogP contribution in [0.2, 0.25) is 0 Å². The Morgan fingerprint density at radius 3 is 2.59 bits per heavy atom. The summed E-state index contributed by atoms with van der Waals surface area (Å²) in [5.41, 5.74) is 0. The molecule has 1 N–H and O–H groups in total. The second-order valence-corrected chi connectivity index (χ2v) is 9.58. The first kappa shape index (κ1) is 22.0. The minimum atomic E-state index is -3.17. The molecule has 1 aromatic rings. The molecule has 0 saturated carbocycles. The van der Waals surface area contributed by atoms with Crippen molar-refractivity contribution < 1.29 is 22.7 Å². The molecule has 1 aromatic carbocycles. The van der Waals surface area contributed by atoms with Crippen LogP contribution in [0.5, 0.6) is 5.75 Å². The monoisotopic (exact) mass is 425 g/mol. The lowest BCUT2D eigenvalue weighted by molar-refractivity contribution is -0.123. The van der Waals surface area contributed by atoms with Crippen LogP contribution in [0.25, 0.3) is 0 Å². The summed E-state index contributed by atoms with van der Waals surface area (Å²) in [5.74, 6) is 0.503. The van der Waals surface area contributed by atoms with Crippen LogP contribution in [0.1, 0.15) is 19.3 Å². The van der Waals surface area contributed by atoms with Gasteiger partial charge in [-0.15, -0.1) is 0 Å². The molecule has 0 aliphatic carbocycles. The number of nitrogens with one attached hydrogen (secondary N) is 1. The molecule has 1 amide bonds. The van der Waals surface area contributed by atoms with E-state index >= 15 is 0 Å². The standard InChI is InChI=1S/C20H31N3O5S/c1-29(25,26)22-11-7-18(15-22)23(17-8-13-27-14-9-17)12-10-21-20(24)16-28-19-5-3-2-4-6-19/h2-6,17-18H,7-16H2,1H3,(H,21,24). The van der Waals surface area contributed by atoms with E-state index in [2.05, 4.69) is 10.2 Å². The van der Waals surface area contributed by atoms with Gasteiger partial charge in [0.05, 0.1) is 6.26 Å². The van der Waals surface area contributed by atoms with Gasteiger partial charge in [0.1, 0.15) is 5.75 Å². The van der Waals surface area contributed by atoms with Gasteiger partial charge in [0, 0.05) is 51.5 Å². The molecule has 0 aromatic heterocycles. The van der Waals surface area contributed by atoms with Gasteiger partial charge in [0.2, 0.25) is 10.0 Å². The molecule has 3 rings (SSSR count). The van der Waals surface area contributed by atoms with Crippen LogP contribution in [0.4, 0.5) is 0 Å². The first-order valence-corrected chi connectivity index (χ1v) is 12.0. The lowest BCUT2D eigenvalue weighted by Crippen LogP contribution is -2.50. The Labute approximate surface area is 173 Å². The van der Waals surface area contributed by atoms with Crippen molar-refractivity contribution in [1.82, 2.24) is 14.5 Å². The Morgan fingerprint density at radius 2 is 1.93 bits per heavy atom. The maximum Gasteiger partial charge on any atom is 0.257 e. The van der Waals surface area contributed by atoms with E-state index < -0.39 is 10.0 Å². The predicted molar refractivity (Wildman–Crippen MR) is 110 cm³/mol. The summed E-state index contributed by atoms with van der Waals surface area (Å²) in [5, 5.41) is 2.92. The number of rotatable bonds is 9. The summed E-state index contributed by atoms with van der Waals surface area (Å²) in [6.07, 6.45) is 3.94. The molecule has 0 bridgehead atoms. The minimum absolute atomic E-state index is 0.0213. The Hall–Kier alpha value is -1.68. The zero-order valence-electron chi connectivity index (χ0n) is 17.0. The molecular weight excluding hydrogens is 394 g/mol. The highest BCUT2D eigenvalue weighted by molar-refractivity contribution is 7.88. The fourth-order valence-electron chi connectivity index (χ4n) is 4.00. The first-order chi connectivity index (χ1) is 13.9. The molecule has 0 spiro atoms. The molecule has 0 radical (unpaired) electrons. The second kappa shape index (κ2) is 10.4. The third kappa shape index (κ3) is 6.67. The number of hydrogen-bond donors (Lipinski definition) is 1. The van der Waals surface area contributed by atoms with E-state index in [1.807, 2.05) is 30.3 Å². The third-order valence-electron chi connectivity index (χ3n) is 5.53. The van der Waals surface area contributed by atoms with Gasteiger partial charge in [-0.25, -0.2) is 12.7 Å². The van der Waals surface area contributed by atoms with Crippen molar-refractivity contribution in [3.63, 3.8) is 0 Å². The predicted octanol–water partition coefficient (Wildman–Crippen LogP) is 0.697. The minimum Gasteiger partial charge on any atom is -0.484 e. The van der Waals surface area contributed by atoms with Gasteiger partial charge in [0.15, 0.2) is 6.61 Å². The van der Waals surface area contributed by atoms with Crippen molar-refractivity contribution in [2.75, 3.05) is 52.3 Å². The number of sulfonamides is 1. The van der Waals surface area contributed by atoms with Gasteiger partial charge < -0.3 is 14.8 Å². The number of nitrogens with zero attached hydrogens (tertiary/aromatic N) is 2. The fourth-order valence-corrected chi connectivity index (χ4v) is 4.88.